The van der Waals surface area contributed by atoms with Crippen LogP contribution in [-0.2, 0) is 18.3 Å². The number of rotatable bonds is 17. The molecule has 2 unspecified atom stereocenters. The van der Waals surface area contributed by atoms with Gasteiger partial charge in [-0.1, -0.05) is 52.4 Å². The van der Waals surface area contributed by atoms with Crippen LogP contribution in [0.15, 0.2) is 0 Å². The lowest BCUT2D eigenvalue weighted by atomic mass is 9.95. The van der Waals surface area contributed by atoms with Crippen LogP contribution < -0.4 is 0 Å². The molecule has 0 fully saturated rings. The molecule has 0 bridgehead atoms. The van der Waals surface area contributed by atoms with Crippen molar-refractivity contribution in [2.75, 3.05) is 33.1 Å². The van der Waals surface area contributed by atoms with Gasteiger partial charge in [-0.15, -0.1) is 0 Å². The summed E-state index contributed by atoms with van der Waals surface area (Å²) in [4.78, 5) is 0. The molecule has 0 heterocycles. The third-order valence-electron chi connectivity index (χ3n) is 4.12. The molecule has 0 aliphatic heterocycles. The fourth-order valence-corrected chi connectivity index (χ4v) is 4.46. The summed E-state index contributed by atoms with van der Waals surface area (Å²) >= 11 is 0. The summed E-state index contributed by atoms with van der Waals surface area (Å²) in [5.41, 5.74) is 0. The first kappa shape index (κ1) is 23.1. The van der Waals surface area contributed by atoms with Gasteiger partial charge in [-0.25, -0.2) is 0 Å². The van der Waals surface area contributed by atoms with E-state index in [0.717, 1.165) is 32.3 Å². The summed E-state index contributed by atoms with van der Waals surface area (Å²) in [6.07, 6.45) is 10.8. The maximum atomic E-state index is 12.6. The highest BCUT2D eigenvalue weighted by Gasteiger charge is 2.23. The van der Waals surface area contributed by atoms with Gasteiger partial charge in [0.05, 0.1) is 19.4 Å². The summed E-state index contributed by atoms with van der Waals surface area (Å²) in [6, 6.07) is 0. The molecule has 0 saturated carbocycles. The molecular formula is C18H39O4P. The highest BCUT2D eigenvalue weighted by atomic mass is 31.2. The van der Waals surface area contributed by atoms with E-state index in [1.165, 1.54) is 32.1 Å². The van der Waals surface area contributed by atoms with Gasteiger partial charge in [-0.2, -0.15) is 0 Å². The third kappa shape index (κ3) is 13.1. The van der Waals surface area contributed by atoms with Crippen molar-refractivity contribution in [3.05, 3.63) is 0 Å². The smallest absolute Gasteiger partial charge is 0.330 e. The van der Waals surface area contributed by atoms with E-state index in [0.29, 0.717) is 25.3 Å². The molecule has 0 aromatic heterocycles. The van der Waals surface area contributed by atoms with Crippen LogP contribution >= 0.6 is 7.60 Å². The van der Waals surface area contributed by atoms with Crippen LogP contribution in [0.1, 0.15) is 78.6 Å². The Morgan fingerprint density at radius 2 is 1.52 bits per heavy atom. The number of hydrogen-bond acceptors (Lipinski definition) is 4. The largest absolute Gasteiger partial charge is 0.385 e. The third-order valence-corrected chi connectivity index (χ3v) is 6.21. The maximum absolute atomic E-state index is 12.6. The van der Waals surface area contributed by atoms with E-state index in [9.17, 15) is 4.57 Å². The first-order valence-electron chi connectivity index (χ1n) is 9.48. The van der Waals surface area contributed by atoms with Crippen LogP contribution in [0.3, 0.4) is 0 Å². The topological polar surface area (TPSA) is 44.8 Å². The lowest BCUT2D eigenvalue weighted by Crippen LogP contribution is -2.09. The van der Waals surface area contributed by atoms with E-state index in [2.05, 4.69) is 13.8 Å². The van der Waals surface area contributed by atoms with Crippen molar-refractivity contribution < 1.29 is 18.3 Å². The Morgan fingerprint density at radius 3 is 2.13 bits per heavy atom. The summed E-state index contributed by atoms with van der Waals surface area (Å²) in [6.45, 7) is 7.97. The van der Waals surface area contributed by atoms with Gasteiger partial charge in [0, 0.05) is 13.7 Å². The van der Waals surface area contributed by atoms with E-state index in [4.69, 9.17) is 13.8 Å². The molecule has 0 amide bonds. The van der Waals surface area contributed by atoms with Crippen LogP contribution in [0.25, 0.3) is 0 Å². The molecule has 4 nitrogen and oxygen atoms in total. The minimum absolute atomic E-state index is 0.450. The second kappa shape index (κ2) is 15.6. The van der Waals surface area contributed by atoms with Crippen LogP contribution in [-0.4, -0.2) is 33.1 Å². The van der Waals surface area contributed by atoms with Gasteiger partial charge >= 0.3 is 7.60 Å². The zero-order valence-corrected chi connectivity index (χ0v) is 16.7. The number of hydrogen-bond donors (Lipinski definition) is 0. The molecule has 0 aliphatic rings. The maximum Gasteiger partial charge on any atom is 0.330 e. The lowest BCUT2D eigenvalue weighted by Gasteiger charge is -2.20. The standard InChI is InChI=1S/C18H39O4P/c1-5-8-10-11-12-18(13-15-20-4)14-16-22-23(19,21-7-3)17-9-6-2/h18H,5-17H2,1-4H3. The van der Waals surface area contributed by atoms with Gasteiger partial charge in [0.1, 0.15) is 0 Å². The monoisotopic (exact) mass is 350 g/mol. The number of ether oxygens (including phenoxy) is 1. The van der Waals surface area contributed by atoms with E-state index >= 15 is 0 Å². The van der Waals surface area contributed by atoms with E-state index < -0.39 is 7.60 Å². The highest BCUT2D eigenvalue weighted by molar-refractivity contribution is 7.53. The first-order chi connectivity index (χ1) is 11.1. The average molecular weight is 350 g/mol. The van der Waals surface area contributed by atoms with Gasteiger partial charge in [0.25, 0.3) is 0 Å². The predicted molar refractivity (Wildman–Crippen MR) is 98.3 cm³/mol. The SMILES string of the molecule is CCCCCCC(CCOC)CCOP(=O)(CCCC)OCC. The highest BCUT2D eigenvalue weighted by Crippen LogP contribution is 2.49. The Balaban J connectivity index is 4.20. The van der Waals surface area contributed by atoms with Crippen LogP contribution in [0.4, 0.5) is 0 Å². The lowest BCUT2D eigenvalue weighted by molar-refractivity contribution is 0.156. The van der Waals surface area contributed by atoms with Crippen molar-refractivity contribution in [1.29, 1.82) is 0 Å². The fourth-order valence-electron chi connectivity index (χ4n) is 2.65. The van der Waals surface area contributed by atoms with Gasteiger partial charge in [-0.3, -0.25) is 4.57 Å². The summed E-state index contributed by atoms with van der Waals surface area (Å²) in [5.74, 6) is 0.591. The molecule has 2 atom stereocenters. The Bertz CT molecular complexity index is 297. The van der Waals surface area contributed by atoms with Crippen molar-refractivity contribution in [2.24, 2.45) is 5.92 Å². The molecule has 0 radical (unpaired) electrons. The predicted octanol–water partition coefficient (Wildman–Crippen LogP) is 6.05. The summed E-state index contributed by atoms with van der Waals surface area (Å²) in [5, 5.41) is 0. The Morgan fingerprint density at radius 1 is 0.826 bits per heavy atom. The molecule has 23 heavy (non-hydrogen) atoms. The van der Waals surface area contributed by atoms with Crippen molar-refractivity contribution in [3.63, 3.8) is 0 Å². The zero-order valence-electron chi connectivity index (χ0n) is 15.8. The van der Waals surface area contributed by atoms with Crippen molar-refractivity contribution in [1.82, 2.24) is 0 Å². The molecule has 0 rings (SSSR count). The van der Waals surface area contributed by atoms with Crippen LogP contribution in [0.5, 0.6) is 0 Å². The second-order valence-corrected chi connectivity index (χ2v) is 8.41. The van der Waals surface area contributed by atoms with Crippen LogP contribution in [0.2, 0.25) is 0 Å². The number of unbranched alkanes of at least 4 members (excludes halogenated alkanes) is 4. The fraction of sp³-hybridized carbons (Fsp3) is 1.00. The summed E-state index contributed by atoms with van der Waals surface area (Å²) < 4.78 is 28.9. The van der Waals surface area contributed by atoms with Gasteiger partial charge in [0.2, 0.25) is 0 Å². The second-order valence-electron chi connectivity index (χ2n) is 6.22. The Hall–Kier alpha value is 0.110. The van der Waals surface area contributed by atoms with Gasteiger partial charge < -0.3 is 13.8 Å². The zero-order chi connectivity index (χ0) is 17.4. The first-order valence-corrected chi connectivity index (χ1v) is 11.2. The van der Waals surface area contributed by atoms with Crippen molar-refractivity contribution in [2.45, 2.75) is 78.6 Å². The molecule has 0 saturated heterocycles. The molecule has 5 heteroatoms. The normalized spacial score (nSPS) is 15.5. The van der Waals surface area contributed by atoms with Gasteiger partial charge in [-0.05, 0) is 32.1 Å². The van der Waals surface area contributed by atoms with E-state index in [1.54, 1.807) is 7.11 Å². The molecule has 0 spiro atoms. The van der Waals surface area contributed by atoms with Crippen molar-refractivity contribution >= 4 is 7.60 Å². The van der Waals surface area contributed by atoms with Crippen LogP contribution in [0, 0.1) is 5.92 Å². The quantitative estimate of drug-likeness (QED) is 0.237. The average Bonchev–Trinajstić information content (AvgIpc) is 2.54. The summed E-state index contributed by atoms with van der Waals surface area (Å²) in [7, 11) is -1.14. The molecule has 0 aliphatic carbocycles. The molecule has 0 N–H and O–H groups in total. The van der Waals surface area contributed by atoms with Gasteiger partial charge in [0.15, 0.2) is 0 Å². The molecule has 140 valence electrons. The van der Waals surface area contributed by atoms with E-state index in [-0.39, 0.29) is 0 Å². The Labute approximate surface area is 144 Å². The van der Waals surface area contributed by atoms with E-state index in [1.807, 2.05) is 6.92 Å². The molecule has 0 aromatic rings. The number of methoxy groups -OCH3 is 1. The molecule has 0 aromatic carbocycles. The Kier molecular flexibility index (Phi) is 15.7. The molecular weight excluding hydrogens is 311 g/mol. The van der Waals surface area contributed by atoms with Crippen molar-refractivity contribution in [3.8, 4) is 0 Å². The minimum atomic E-state index is -2.89. The minimum Gasteiger partial charge on any atom is -0.385 e.